The highest BCUT2D eigenvalue weighted by Crippen LogP contribution is 2.26. The molecule has 2 atom stereocenters. The average molecular weight is 477 g/mol. The molecule has 0 spiro atoms. The summed E-state index contributed by atoms with van der Waals surface area (Å²) in [4.78, 5) is 43.2. The van der Waals surface area contributed by atoms with E-state index < -0.39 is 6.04 Å². The molecule has 4 amide bonds. The standard InChI is InChI=1S/C28H36N4O3/c1-20-11-13-24(14-12-20)29-28(35)31-18-15-22(16-19-31)25(27(34)32-17-7-6-8-21(32)2)30-26(33)23-9-4-3-5-10-23/h3-5,9-14,21-22,25H,6-8,15-19H2,1-2H3,(H,29,35)(H,30,33)/t21-,25-/m1/s1. The van der Waals surface area contributed by atoms with Crippen LogP contribution in [0.4, 0.5) is 10.5 Å². The van der Waals surface area contributed by atoms with E-state index >= 15 is 0 Å². The maximum Gasteiger partial charge on any atom is 0.321 e. The van der Waals surface area contributed by atoms with E-state index in [1.165, 1.54) is 0 Å². The molecule has 7 nitrogen and oxygen atoms in total. The summed E-state index contributed by atoms with van der Waals surface area (Å²) in [5.41, 5.74) is 2.46. The van der Waals surface area contributed by atoms with Gasteiger partial charge in [-0.2, -0.15) is 0 Å². The zero-order chi connectivity index (χ0) is 24.8. The lowest BCUT2D eigenvalue weighted by atomic mass is 9.87. The first-order valence-electron chi connectivity index (χ1n) is 12.7. The molecule has 2 aromatic rings. The van der Waals surface area contributed by atoms with Crippen LogP contribution in [0.1, 0.15) is 54.9 Å². The molecule has 4 rings (SSSR count). The van der Waals surface area contributed by atoms with Gasteiger partial charge in [-0.1, -0.05) is 35.9 Å². The number of amides is 4. The number of rotatable bonds is 5. The molecule has 2 fully saturated rings. The van der Waals surface area contributed by atoms with E-state index in [2.05, 4.69) is 17.6 Å². The molecule has 0 bridgehead atoms. The fourth-order valence-corrected chi connectivity index (χ4v) is 5.07. The van der Waals surface area contributed by atoms with E-state index in [0.29, 0.717) is 31.5 Å². The Kier molecular flexibility index (Phi) is 8.06. The molecule has 35 heavy (non-hydrogen) atoms. The maximum absolute atomic E-state index is 13.7. The first-order chi connectivity index (χ1) is 16.9. The Morgan fingerprint density at radius 1 is 0.886 bits per heavy atom. The van der Waals surface area contributed by atoms with Crippen molar-refractivity contribution in [1.82, 2.24) is 15.1 Å². The first kappa shape index (κ1) is 24.8. The Labute approximate surface area is 207 Å². The van der Waals surface area contributed by atoms with Crippen LogP contribution in [0.25, 0.3) is 0 Å². The molecule has 0 saturated carbocycles. The second-order valence-corrected chi connectivity index (χ2v) is 9.81. The molecule has 0 aliphatic carbocycles. The van der Waals surface area contributed by atoms with Crippen LogP contribution < -0.4 is 10.6 Å². The summed E-state index contributed by atoms with van der Waals surface area (Å²) in [5, 5.41) is 6.02. The van der Waals surface area contributed by atoms with E-state index in [1.807, 2.05) is 54.3 Å². The SMILES string of the molecule is Cc1ccc(NC(=O)N2CCC([C@@H](NC(=O)c3ccccc3)C(=O)N3CCCC[C@H]3C)CC2)cc1. The second kappa shape index (κ2) is 11.4. The third-order valence-corrected chi connectivity index (χ3v) is 7.28. The number of piperidine rings is 2. The minimum Gasteiger partial charge on any atom is -0.340 e. The van der Waals surface area contributed by atoms with Crippen molar-refractivity contribution in [3.63, 3.8) is 0 Å². The van der Waals surface area contributed by atoms with Gasteiger partial charge in [0.05, 0.1) is 0 Å². The molecule has 2 saturated heterocycles. The van der Waals surface area contributed by atoms with Gasteiger partial charge in [0.1, 0.15) is 6.04 Å². The van der Waals surface area contributed by atoms with Crippen LogP contribution in [0.15, 0.2) is 54.6 Å². The van der Waals surface area contributed by atoms with Crippen LogP contribution in [0, 0.1) is 12.8 Å². The van der Waals surface area contributed by atoms with Crippen LogP contribution in [-0.4, -0.2) is 59.4 Å². The summed E-state index contributed by atoms with van der Waals surface area (Å²) >= 11 is 0. The third-order valence-electron chi connectivity index (χ3n) is 7.28. The Hall–Kier alpha value is -3.35. The molecule has 0 unspecified atom stereocenters. The lowest BCUT2D eigenvalue weighted by Gasteiger charge is -2.40. The number of nitrogens with one attached hydrogen (secondary N) is 2. The number of anilines is 1. The Bertz CT molecular complexity index is 1020. The second-order valence-electron chi connectivity index (χ2n) is 9.81. The minimum atomic E-state index is -0.592. The third kappa shape index (κ3) is 6.21. The van der Waals surface area contributed by atoms with Crippen molar-refractivity contribution in [2.24, 2.45) is 5.92 Å². The highest BCUT2D eigenvalue weighted by molar-refractivity contribution is 5.97. The van der Waals surface area contributed by atoms with Crippen molar-refractivity contribution in [2.45, 2.75) is 58.0 Å². The van der Waals surface area contributed by atoms with Crippen LogP contribution in [0.3, 0.4) is 0 Å². The molecule has 2 aliphatic rings. The van der Waals surface area contributed by atoms with Crippen molar-refractivity contribution in [2.75, 3.05) is 25.0 Å². The number of carbonyl (C=O) groups excluding carboxylic acids is 3. The van der Waals surface area contributed by atoms with Gasteiger partial charge in [0.25, 0.3) is 5.91 Å². The maximum atomic E-state index is 13.7. The van der Waals surface area contributed by atoms with Gasteiger partial charge in [-0.25, -0.2) is 4.79 Å². The zero-order valence-corrected chi connectivity index (χ0v) is 20.7. The van der Waals surface area contributed by atoms with Gasteiger partial charge in [-0.05, 0) is 76.1 Å². The largest absolute Gasteiger partial charge is 0.340 e. The molecule has 2 aliphatic heterocycles. The van der Waals surface area contributed by atoms with Gasteiger partial charge in [-0.3, -0.25) is 9.59 Å². The van der Waals surface area contributed by atoms with Crippen molar-refractivity contribution < 1.29 is 14.4 Å². The van der Waals surface area contributed by atoms with Crippen molar-refractivity contribution in [3.05, 3.63) is 65.7 Å². The summed E-state index contributed by atoms with van der Waals surface area (Å²) in [6, 6.07) is 16.2. The number of hydrogen-bond donors (Lipinski definition) is 2. The van der Waals surface area contributed by atoms with Crippen molar-refractivity contribution in [3.8, 4) is 0 Å². The topological polar surface area (TPSA) is 81.8 Å². The normalized spacial score (nSPS) is 19.7. The van der Waals surface area contributed by atoms with Crippen LogP contribution >= 0.6 is 0 Å². The first-order valence-corrected chi connectivity index (χ1v) is 12.7. The molecule has 2 N–H and O–H groups in total. The molecule has 7 heteroatoms. The molecular formula is C28H36N4O3. The van der Waals surface area contributed by atoms with Gasteiger partial charge < -0.3 is 20.4 Å². The molecule has 0 aromatic heterocycles. The van der Waals surface area contributed by atoms with Gasteiger partial charge >= 0.3 is 6.03 Å². The number of urea groups is 1. The highest BCUT2D eigenvalue weighted by Gasteiger charge is 2.38. The molecule has 186 valence electrons. The predicted octanol–water partition coefficient (Wildman–Crippen LogP) is 4.44. The summed E-state index contributed by atoms with van der Waals surface area (Å²) in [7, 11) is 0. The van der Waals surface area contributed by atoms with Crippen molar-refractivity contribution in [1.29, 1.82) is 0 Å². The van der Waals surface area contributed by atoms with Crippen molar-refractivity contribution >= 4 is 23.5 Å². The predicted molar refractivity (Wildman–Crippen MR) is 137 cm³/mol. The zero-order valence-electron chi connectivity index (χ0n) is 20.7. The number of aryl methyl sites for hydroxylation is 1. The number of nitrogens with zero attached hydrogens (tertiary/aromatic N) is 2. The Morgan fingerprint density at radius 2 is 1.57 bits per heavy atom. The fraction of sp³-hybridized carbons (Fsp3) is 0.464. The van der Waals surface area contributed by atoms with Gasteiger partial charge in [0.2, 0.25) is 5.91 Å². The Morgan fingerprint density at radius 3 is 2.23 bits per heavy atom. The number of carbonyl (C=O) groups is 3. The van der Waals surface area contributed by atoms with Crippen LogP contribution in [0.2, 0.25) is 0 Å². The summed E-state index contributed by atoms with van der Waals surface area (Å²) in [6.07, 6.45) is 4.43. The quantitative estimate of drug-likeness (QED) is 0.669. The number of benzene rings is 2. The van der Waals surface area contributed by atoms with E-state index in [1.54, 1.807) is 17.0 Å². The number of hydrogen-bond acceptors (Lipinski definition) is 3. The van der Waals surface area contributed by atoms with E-state index in [0.717, 1.165) is 37.1 Å². The molecule has 0 radical (unpaired) electrons. The highest BCUT2D eigenvalue weighted by atomic mass is 16.2. The minimum absolute atomic E-state index is 0.00374. The van der Waals surface area contributed by atoms with Gasteiger partial charge in [-0.15, -0.1) is 0 Å². The summed E-state index contributed by atoms with van der Waals surface area (Å²) < 4.78 is 0. The van der Waals surface area contributed by atoms with Crippen LogP contribution in [0.5, 0.6) is 0 Å². The summed E-state index contributed by atoms with van der Waals surface area (Å²) in [6.45, 7) is 5.92. The monoisotopic (exact) mass is 476 g/mol. The van der Waals surface area contributed by atoms with Gasteiger partial charge in [0, 0.05) is 36.9 Å². The van der Waals surface area contributed by atoms with Crippen LogP contribution in [-0.2, 0) is 4.79 Å². The summed E-state index contributed by atoms with van der Waals surface area (Å²) in [5.74, 6) is -0.245. The smallest absolute Gasteiger partial charge is 0.321 e. The number of likely N-dealkylation sites (tertiary alicyclic amines) is 2. The Balaban J connectivity index is 1.43. The molecule has 2 aromatic carbocycles. The van der Waals surface area contributed by atoms with E-state index in [4.69, 9.17) is 0 Å². The lowest BCUT2D eigenvalue weighted by molar-refractivity contribution is -0.138. The molecular weight excluding hydrogens is 440 g/mol. The molecule has 2 heterocycles. The van der Waals surface area contributed by atoms with E-state index in [-0.39, 0.29) is 29.8 Å². The average Bonchev–Trinajstić information content (AvgIpc) is 2.89. The van der Waals surface area contributed by atoms with Gasteiger partial charge in [0.15, 0.2) is 0 Å². The lowest BCUT2D eigenvalue weighted by Crippen LogP contribution is -2.57. The fourth-order valence-electron chi connectivity index (χ4n) is 5.07. The van der Waals surface area contributed by atoms with E-state index in [9.17, 15) is 14.4 Å².